The van der Waals surface area contributed by atoms with Crippen LogP contribution in [-0.4, -0.2) is 34.8 Å². The number of halogens is 3. The Labute approximate surface area is 155 Å². The molecule has 0 atom stereocenters. The molecule has 8 heteroatoms. The van der Waals surface area contributed by atoms with E-state index in [9.17, 15) is 18.3 Å². The van der Waals surface area contributed by atoms with Gasteiger partial charge in [-0.25, -0.2) is 4.98 Å². The molecule has 0 bridgehead atoms. The summed E-state index contributed by atoms with van der Waals surface area (Å²) in [4.78, 5) is 10.7. The molecule has 3 rings (SSSR count). The lowest BCUT2D eigenvalue weighted by molar-refractivity contribution is -0.137. The molecule has 0 amide bonds. The molecule has 5 nitrogen and oxygen atoms in total. The van der Waals surface area contributed by atoms with Gasteiger partial charge in [-0.2, -0.15) is 18.2 Å². The van der Waals surface area contributed by atoms with E-state index in [0.717, 1.165) is 17.8 Å². The van der Waals surface area contributed by atoms with Crippen molar-refractivity contribution in [2.75, 3.05) is 24.6 Å². The van der Waals surface area contributed by atoms with Crippen molar-refractivity contribution in [2.45, 2.75) is 38.5 Å². The minimum atomic E-state index is -4.43. The molecular formula is C19H22F3N3O2. The fourth-order valence-corrected chi connectivity index (χ4v) is 3.24. The lowest BCUT2D eigenvalue weighted by Crippen LogP contribution is -2.43. The first-order chi connectivity index (χ1) is 12.7. The van der Waals surface area contributed by atoms with E-state index in [1.54, 1.807) is 12.1 Å². The van der Waals surface area contributed by atoms with Crippen LogP contribution in [-0.2, 0) is 11.8 Å². The quantitative estimate of drug-likeness (QED) is 0.875. The second kappa shape index (κ2) is 7.34. The van der Waals surface area contributed by atoms with Gasteiger partial charge in [0.2, 0.25) is 11.8 Å². The highest BCUT2D eigenvalue weighted by molar-refractivity contribution is 5.37. The van der Waals surface area contributed by atoms with Crippen LogP contribution in [0.1, 0.15) is 36.6 Å². The first-order valence-corrected chi connectivity index (χ1v) is 8.85. The van der Waals surface area contributed by atoms with Crippen molar-refractivity contribution in [2.24, 2.45) is 0 Å². The van der Waals surface area contributed by atoms with Gasteiger partial charge in [-0.15, -0.1) is 0 Å². The van der Waals surface area contributed by atoms with E-state index in [0.29, 0.717) is 31.5 Å². The van der Waals surface area contributed by atoms with Crippen LogP contribution in [0.3, 0.4) is 0 Å². The normalized spacial score (nSPS) is 17.0. The number of aliphatic hydroxyl groups is 1. The van der Waals surface area contributed by atoms with Gasteiger partial charge in [-0.1, -0.05) is 12.1 Å². The van der Waals surface area contributed by atoms with Crippen molar-refractivity contribution in [3.05, 3.63) is 47.2 Å². The summed E-state index contributed by atoms with van der Waals surface area (Å²) in [6, 6.07) is 6.67. The largest absolute Gasteiger partial charge is 0.478 e. The number of benzene rings is 1. The third kappa shape index (κ3) is 4.32. The molecule has 1 aromatic heterocycles. The van der Waals surface area contributed by atoms with Gasteiger partial charge in [-0.05, 0) is 44.4 Å². The molecule has 0 radical (unpaired) electrons. The second-order valence-electron chi connectivity index (χ2n) is 6.68. The molecule has 2 heterocycles. The predicted octanol–water partition coefficient (Wildman–Crippen LogP) is 3.69. The summed E-state index contributed by atoms with van der Waals surface area (Å²) >= 11 is 0. The maximum atomic E-state index is 13.0. The smallest absolute Gasteiger partial charge is 0.416 e. The van der Waals surface area contributed by atoms with Crippen LogP contribution in [0.25, 0.3) is 0 Å². The summed E-state index contributed by atoms with van der Waals surface area (Å²) < 4.78 is 44.3. The third-order valence-corrected chi connectivity index (χ3v) is 4.71. The molecule has 1 aromatic carbocycles. The third-order valence-electron chi connectivity index (χ3n) is 4.71. The van der Waals surface area contributed by atoms with Crippen molar-refractivity contribution < 1.29 is 23.0 Å². The summed E-state index contributed by atoms with van der Waals surface area (Å²) in [6.45, 7) is 5.07. The Bertz CT molecular complexity index is 803. The summed E-state index contributed by atoms with van der Waals surface area (Å²) in [5.41, 5.74) is -0.997. The molecule has 1 aliphatic heterocycles. The average Bonchev–Trinajstić information content (AvgIpc) is 2.61. The Morgan fingerprint density at radius 1 is 1.19 bits per heavy atom. The van der Waals surface area contributed by atoms with E-state index in [1.165, 1.54) is 6.07 Å². The van der Waals surface area contributed by atoms with Crippen LogP contribution in [0.2, 0.25) is 0 Å². The Balaban J connectivity index is 1.77. The number of aromatic nitrogens is 2. The van der Waals surface area contributed by atoms with Crippen molar-refractivity contribution in [3.63, 3.8) is 0 Å². The van der Waals surface area contributed by atoms with E-state index in [1.807, 2.05) is 18.7 Å². The molecule has 2 aromatic rings. The molecule has 1 N–H and O–H groups in total. The van der Waals surface area contributed by atoms with Crippen molar-refractivity contribution >= 4 is 5.95 Å². The number of hydrogen-bond acceptors (Lipinski definition) is 5. The monoisotopic (exact) mass is 381 g/mol. The number of nitrogens with zero attached hydrogens (tertiary/aromatic N) is 3. The molecule has 0 aliphatic carbocycles. The first kappa shape index (κ1) is 19.4. The lowest BCUT2D eigenvalue weighted by atomic mass is 9.84. The molecule has 0 spiro atoms. The molecule has 0 saturated carbocycles. The molecule has 27 heavy (non-hydrogen) atoms. The number of anilines is 1. The van der Waals surface area contributed by atoms with E-state index < -0.39 is 17.3 Å². The number of ether oxygens (including phenoxy) is 1. The standard InChI is InChI=1S/C19H22F3N3O2/c1-3-27-16-11-13(2)23-17(24-16)25-9-7-18(26,8-10-25)14-5-4-6-15(12-14)19(20,21)22/h4-6,11-12,26H,3,7-10H2,1-2H3. The topological polar surface area (TPSA) is 58.5 Å². The van der Waals surface area contributed by atoms with Crippen LogP contribution in [0.4, 0.5) is 19.1 Å². The van der Waals surface area contributed by atoms with E-state index >= 15 is 0 Å². The highest BCUT2D eigenvalue weighted by atomic mass is 19.4. The van der Waals surface area contributed by atoms with Gasteiger partial charge >= 0.3 is 6.18 Å². The minimum absolute atomic E-state index is 0.287. The molecule has 1 fully saturated rings. The van der Waals surface area contributed by atoms with Crippen LogP contribution in [0, 0.1) is 6.92 Å². The van der Waals surface area contributed by atoms with Crippen molar-refractivity contribution in [3.8, 4) is 5.88 Å². The minimum Gasteiger partial charge on any atom is -0.478 e. The fraction of sp³-hybridized carbons (Fsp3) is 0.474. The molecule has 1 aliphatic rings. The maximum Gasteiger partial charge on any atom is 0.416 e. The van der Waals surface area contributed by atoms with E-state index in [-0.39, 0.29) is 18.4 Å². The summed E-state index contributed by atoms with van der Waals surface area (Å²) in [7, 11) is 0. The molecule has 146 valence electrons. The number of alkyl halides is 3. The Hall–Kier alpha value is -2.35. The van der Waals surface area contributed by atoms with Gasteiger partial charge in [0.1, 0.15) is 0 Å². The van der Waals surface area contributed by atoms with Gasteiger partial charge in [0.15, 0.2) is 0 Å². The second-order valence-corrected chi connectivity index (χ2v) is 6.68. The Morgan fingerprint density at radius 2 is 1.89 bits per heavy atom. The number of piperidine rings is 1. The fourth-order valence-electron chi connectivity index (χ4n) is 3.24. The van der Waals surface area contributed by atoms with Crippen LogP contribution in [0.5, 0.6) is 5.88 Å². The highest BCUT2D eigenvalue weighted by Crippen LogP contribution is 2.37. The number of aryl methyl sites for hydroxylation is 1. The summed E-state index contributed by atoms with van der Waals surface area (Å²) in [6.07, 6.45) is -3.86. The SMILES string of the molecule is CCOc1cc(C)nc(N2CCC(O)(c3cccc(C(F)(F)F)c3)CC2)n1. The van der Waals surface area contributed by atoms with Gasteiger partial charge in [-0.3, -0.25) is 0 Å². The van der Waals surface area contributed by atoms with Crippen molar-refractivity contribution in [1.82, 2.24) is 9.97 Å². The summed E-state index contributed by atoms with van der Waals surface area (Å²) in [5, 5.41) is 10.9. The maximum absolute atomic E-state index is 13.0. The Kier molecular flexibility index (Phi) is 5.28. The molecule has 1 saturated heterocycles. The van der Waals surface area contributed by atoms with Crippen molar-refractivity contribution in [1.29, 1.82) is 0 Å². The zero-order valence-electron chi connectivity index (χ0n) is 15.3. The molecular weight excluding hydrogens is 359 g/mol. The first-order valence-electron chi connectivity index (χ1n) is 8.85. The van der Waals surface area contributed by atoms with Crippen LogP contribution in [0.15, 0.2) is 30.3 Å². The highest BCUT2D eigenvalue weighted by Gasteiger charge is 2.37. The molecule has 0 unspecified atom stereocenters. The number of hydrogen-bond donors (Lipinski definition) is 1. The Morgan fingerprint density at radius 3 is 2.52 bits per heavy atom. The number of rotatable bonds is 4. The zero-order valence-corrected chi connectivity index (χ0v) is 15.3. The van der Waals surface area contributed by atoms with E-state index in [2.05, 4.69) is 9.97 Å². The summed E-state index contributed by atoms with van der Waals surface area (Å²) in [5.74, 6) is 0.989. The van der Waals surface area contributed by atoms with E-state index in [4.69, 9.17) is 4.74 Å². The van der Waals surface area contributed by atoms with Gasteiger partial charge < -0.3 is 14.7 Å². The lowest BCUT2D eigenvalue weighted by Gasteiger charge is -2.38. The zero-order chi connectivity index (χ0) is 19.7. The van der Waals surface area contributed by atoms with Gasteiger partial charge in [0.25, 0.3) is 0 Å². The van der Waals surface area contributed by atoms with Crippen LogP contribution >= 0.6 is 0 Å². The van der Waals surface area contributed by atoms with Gasteiger partial charge in [0.05, 0.1) is 17.8 Å². The van der Waals surface area contributed by atoms with Crippen LogP contribution < -0.4 is 9.64 Å². The van der Waals surface area contributed by atoms with Gasteiger partial charge in [0, 0.05) is 24.8 Å². The predicted molar refractivity (Wildman–Crippen MR) is 94.7 cm³/mol. The average molecular weight is 381 g/mol.